The van der Waals surface area contributed by atoms with Crippen LogP contribution in [0.4, 0.5) is 10.1 Å². The highest BCUT2D eigenvalue weighted by molar-refractivity contribution is 9.10. The van der Waals surface area contributed by atoms with Crippen LogP contribution in [0.3, 0.4) is 0 Å². The zero-order valence-corrected chi connectivity index (χ0v) is 19.5. The number of nitrogens with zero attached hydrogens (tertiary/aromatic N) is 1. The van der Waals surface area contributed by atoms with Gasteiger partial charge in [0.25, 0.3) is 10.0 Å². The van der Waals surface area contributed by atoms with E-state index in [2.05, 4.69) is 21.2 Å². The Balaban J connectivity index is 1.89. The summed E-state index contributed by atoms with van der Waals surface area (Å²) in [6.07, 6.45) is 0. The van der Waals surface area contributed by atoms with Crippen molar-refractivity contribution in [3.63, 3.8) is 0 Å². The van der Waals surface area contributed by atoms with Crippen LogP contribution in [0.25, 0.3) is 0 Å². The highest BCUT2D eigenvalue weighted by atomic mass is 79.9. The van der Waals surface area contributed by atoms with Crippen molar-refractivity contribution in [1.29, 1.82) is 0 Å². The summed E-state index contributed by atoms with van der Waals surface area (Å²) in [5, 5.41) is 2.78. The van der Waals surface area contributed by atoms with E-state index in [1.807, 2.05) is 6.92 Å². The normalized spacial score (nSPS) is 12.3. The molecule has 0 heterocycles. The standard InChI is InChI=1S/C23H22BrFN2O3S/c1-16-6-12-22(13-7-16)31(29,30)27(21-5-3-4-19(24)14-21)15-23(28)26-17(2)18-8-10-20(25)11-9-18/h3-14,17H,15H2,1-2H3,(H,26,28)/t17-/m1/s1. The number of anilines is 1. The van der Waals surface area contributed by atoms with E-state index in [4.69, 9.17) is 0 Å². The number of benzene rings is 3. The van der Waals surface area contributed by atoms with Crippen LogP contribution in [0.5, 0.6) is 0 Å². The molecule has 0 unspecified atom stereocenters. The monoisotopic (exact) mass is 504 g/mol. The number of rotatable bonds is 7. The minimum absolute atomic E-state index is 0.0949. The van der Waals surface area contributed by atoms with Gasteiger partial charge in [-0.3, -0.25) is 9.10 Å². The molecule has 0 bridgehead atoms. The van der Waals surface area contributed by atoms with E-state index >= 15 is 0 Å². The molecule has 0 saturated heterocycles. The molecule has 0 fully saturated rings. The quantitative estimate of drug-likeness (QED) is 0.493. The molecule has 5 nitrogen and oxygen atoms in total. The number of hydrogen-bond acceptors (Lipinski definition) is 3. The topological polar surface area (TPSA) is 66.5 Å². The highest BCUT2D eigenvalue weighted by Crippen LogP contribution is 2.26. The van der Waals surface area contributed by atoms with Gasteiger partial charge in [0.1, 0.15) is 12.4 Å². The largest absolute Gasteiger partial charge is 0.348 e. The maximum absolute atomic E-state index is 13.4. The summed E-state index contributed by atoms with van der Waals surface area (Å²) in [5.74, 6) is -0.847. The van der Waals surface area contributed by atoms with Gasteiger partial charge in [-0.25, -0.2) is 12.8 Å². The Labute approximate surface area is 190 Å². The van der Waals surface area contributed by atoms with Gasteiger partial charge in [-0.1, -0.05) is 51.8 Å². The molecular weight excluding hydrogens is 483 g/mol. The third-order valence-corrected chi connectivity index (χ3v) is 7.02. The fourth-order valence-electron chi connectivity index (χ4n) is 3.04. The second-order valence-corrected chi connectivity index (χ2v) is 9.92. The van der Waals surface area contributed by atoms with Crippen LogP contribution in [0.2, 0.25) is 0 Å². The fraction of sp³-hybridized carbons (Fsp3) is 0.174. The predicted molar refractivity (Wildman–Crippen MR) is 123 cm³/mol. The summed E-state index contributed by atoms with van der Waals surface area (Å²) in [4.78, 5) is 12.9. The van der Waals surface area contributed by atoms with Gasteiger partial charge in [-0.15, -0.1) is 0 Å². The first-order valence-electron chi connectivity index (χ1n) is 9.56. The van der Waals surface area contributed by atoms with Crippen LogP contribution in [0, 0.1) is 12.7 Å². The molecule has 0 radical (unpaired) electrons. The lowest BCUT2D eigenvalue weighted by Crippen LogP contribution is -2.41. The lowest BCUT2D eigenvalue weighted by atomic mass is 10.1. The summed E-state index contributed by atoms with van der Waals surface area (Å²) in [5.41, 5.74) is 2.00. The van der Waals surface area contributed by atoms with Crippen molar-refractivity contribution in [2.75, 3.05) is 10.8 Å². The Kier molecular flexibility index (Phi) is 7.12. The minimum Gasteiger partial charge on any atom is -0.348 e. The van der Waals surface area contributed by atoms with E-state index in [-0.39, 0.29) is 10.7 Å². The third-order valence-electron chi connectivity index (χ3n) is 4.74. The van der Waals surface area contributed by atoms with Crippen LogP contribution in [-0.4, -0.2) is 20.9 Å². The molecule has 8 heteroatoms. The Bertz CT molecular complexity index is 1170. The molecule has 31 heavy (non-hydrogen) atoms. The van der Waals surface area contributed by atoms with Gasteiger partial charge in [0.15, 0.2) is 0 Å². The highest BCUT2D eigenvalue weighted by Gasteiger charge is 2.27. The molecule has 0 spiro atoms. The third kappa shape index (κ3) is 5.71. The van der Waals surface area contributed by atoms with Crippen molar-refractivity contribution in [3.8, 4) is 0 Å². The van der Waals surface area contributed by atoms with Crippen LogP contribution >= 0.6 is 15.9 Å². The smallest absolute Gasteiger partial charge is 0.264 e. The van der Waals surface area contributed by atoms with Crippen molar-refractivity contribution in [3.05, 3.63) is 94.2 Å². The average molecular weight is 505 g/mol. The van der Waals surface area contributed by atoms with Gasteiger partial charge in [0.05, 0.1) is 16.6 Å². The summed E-state index contributed by atoms with van der Waals surface area (Å²) >= 11 is 3.35. The molecule has 1 atom stereocenters. The molecule has 3 aromatic carbocycles. The Hall–Kier alpha value is -2.71. The van der Waals surface area contributed by atoms with E-state index in [0.717, 1.165) is 9.87 Å². The molecule has 0 aliphatic rings. The fourth-order valence-corrected chi connectivity index (χ4v) is 4.84. The zero-order chi connectivity index (χ0) is 22.6. The summed E-state index contributed by atoms with van der Waals surface area (Å²) in [6.45, 7) is 3.22. The number of hydrogen-bond donors (Lipinski definition) is 1. The van der Waals surface area contributed by atoms with Gasteiger partial charge in [0, 0.05) is 4.47 Å². The van der Waals surface area contributed by atoms with Crippen molar-refractivity contribution >= 4 is 37.5 Å². The van der Waals surface area contributed by atoms with Crippen molar-refractivity contribution in [2.24, 2.45) is 0 Å². The molecule has 3 rings (SSSR count). The summed E-state index contributed by atoms with van der Waals surface area (Å²) in [6, 6.07) is 18.6. The van der Waals surface area contributed by atoms with E-state index in [9.17, 15) is 17.6 Å². The number of halogens is 2. The minimum atomic E-state index is -3.99. The van der Waals surface area contributed by atoms with Crippen LogP contribution in [0.1, 0.15) is 24.1 Å². The van der Waals surface area contributed by atoms with Gasteiger partial charge < -0.3 is 5.32 Å². The maximum Gasteiger partial charge on any atom is 0.264 e. The number of carbonyl (C=O) groups is 1. The molecule has 162 valence electrons. The first-order valence-corrected chi connectivity index (χ1v) is 11.8. The van der Waals surface area contributed by atoms with Gasteiger partial charge in [0.2, 0.25) is 5.91 Å². The zero-order valence-electron chi connectivity index (χ0n) is 17.0. The number of nitrogens with one attached hydrogen (secondary N) is 1. The van der Waals surface area contributed by atoms with E-state index in [0.29, 0.717) is 15.7 Å². The first kappa shape index (κ1) is 23.0. The van der Waals surface area contributed by atoms with Crippen LogP contribution in [0.15, 0.2) is 82.2 Å². The first-order chi connectivity index (χ1) is 14.7. The number of amides is 1. The Morgan fingerprint density at radius 3 is 2.32 bits per heavy atom. The predicted octanol–water partition coefficient (Wildman–Crippen LogP) is 4.97. The molecule has 0 aliphatic carbocycles. The summed E-state index contributed by atoms with van der Waals surface area (Å²) < 4.78 is 41.7. The van der Waals surface area contributed by atoms with Crippen molar-refractivity contribution in [1.82, 2.24) is 5.32 Å². The second kappa shape index (κ2) is 9.62. The number of sulfonamides is 1. The molecule has 1 N–H and O–H groups in total. The molecule has 0 saturated carbocycles. The summed E-state index contributed by atoms with van der Waals surface area (Å²) in [7, 11) is -3.99. The van der Waals surface area contributed by atoms with E-state index in [1.165, 1.54) is 24.3 Å². The van der Waals surface area contributed by atoms with Crippen LogP contribution < -0.4 is 9.62 Å². The van der Waals surface area contributed by atoms with Gasteiger partial charge in [-0.2, -0.15) is 0 Å². The molecular formula is C23H22BrFN2O3S. The maximum atomic E-state index is 13.4. The SMILES string of the molecule is Cc1ccc(S(=O)(=O)N(CC(=O)N[C@H](C)c2ccc(F)cc2)c2cccc(Br)c2)cc1. The lowest BCUT2D eigenvalue weighted by Gasteiger charge is -2.25. The molecule has 0 aromatic heterocycles. The Morgan fingerprint density at radius 2 is 1.71 bits per heavy atom. The van der Waals surface area contributed by atoms with Gasteiger partial charge in [-0.05, 0) is 61.9 Å². The van der Waals surface area contributed by atoms with E-state index in [1.54, 1.807) is 55.5 Å². The Morgan fingerprint density at radius 1 is 1.06 bits per heavy atom. The average Bonchev–Trinajstić information content (AvgIpc) is 2.72. The van der Waals surface area contributed by atoms with Crippen LogP contribution in [-0.2, 0) is 14.8 Å². The molecule has 0 aliphatic heterocycles. The van der Waals surface area contributed by atoms with Crippen molar-refractivity contribution < 1.29 is 17.6 Å². The number of aryl methyl sites for hydroxylation is 1. The molecule has 1 amide bonds. The lowest BCUT2D eigenvalue weighted by molar-refractivity contribution is -0.120. The van der Waals surface area contributed by atoms with Gasteiger partial charge >= 0.3 is 0 Å². The molecule has 3 aromatic rings. The number of carbonyl (C=O) groups excluding carboxylic acids is 1. The van der Waals surface area contributed by atoms with E-state index < -0.39 is 28.5 Å². The van der Waals surface area contributed by atoms with Crippen molar-refractivity contribution in [2.45, 2.75) is 24.8 Å². The second-order valence-electron chi connectivity index (χ2n) is 7.15.